The highest BCUT2D eigenvalue weighted by atomic mass is 32.2. The van der Waals surface area contributed by atoms with Gasteiger partial charge in [-0.1, -0.05) is 0 Å². The van der Waals surface area contributed by atoms with Crippen LogP contribution in [-0.2, 0) is 11.5 Å². The third kappa shape index (κ3) is 7.04. The van der Waals surface area contributed by atoms with Crippen LogP contribution in [0.4, 0.5) is 22.0 Å². The number of aromatic nitrogens is 1. The number of rotatable bonds is 12. The number of nitrogens with zero attached hydrogens (tertiary/aromatic N) is 2. The lowest BCUT2D eigenvalue weighted by molar-refractivity contribution is -0.141. The Bertz CT molecular complexity index is 1350. The van der Waals surface area contributed by atoms with Gasteiger partial charge in [-0.15, -0.1) is 11.8 Å². The summed E-state index contributed by atoms with van der Waals surface area (Å²) in [7, 11) is 1.49. The molecule has 0 spiro atoms. The number of pyridine rings is 1. The van der Waals surface area contributed by atoms with Crippen LogP contribution in [0.25, 0.3) is 10.9 Å². The van der Waals surface area contributed by atoms with Crippen LogP contribution in [0.1, 0.15) is 49.4 Å². The van der Waals surface area contributed by atoms with Gasteiger partial charge in [0.1, 0.15) is 24.4 Å². The van der Waals surface area contributed by atoms with Gasteiger partial charge in [0.15, 0.2) is 11.6 Å². The maximum atomic E-state index is 15.8. The van der Waals surface area contributed by atoms with E-state index in [0.29, 0.717) is 67.4 Å². The van der Waals surface area contributed by atoms with E-state index in [2.05, 4.69) is 9.88 Å². The molecule has 0 amide bonds. The van der Waals surface area contributed by atoms with Crippen molar-refractivity contribution in [3.8, 4) is 5.75 Å². The molecule has 1 atom stereocenters. The number of likely N-dealkylation sites (tertiary alicyclic amines) is 1. The SMILES string of the molecule is COc1ccc2ncc(CF)c([C@H](F)CCC3(CC(=O)O)CCN(CCSc4cc(F)cc(F)c4F)CC3)c2c1. The molecule has 5 nitrogen and oxygen atoms in total. The van der Waals surface area contributed by atoms with Gasteiger partial charge >= 0.3 is 5.97 Å². The number of hydrogen-bond donors (Lipinski definition) is 1. The molecule has 4 rings (SSSR count). The predicted molar refractivity (Wildman–Crippen MR) is 144 cm³/mol. The van der Waals surface area contributed by atoms with E-state index in [1.807, 2.05) is 0 Å². The van der Waals surface area contributed by atoms with Crippen LogP contribution in [0.3, 0.4) is 0 Å². The first-order valence-corrected chi connectivity index (χ1v) is 14.0. The molecule has 2 heterocycles. The van der Waals surface area contributed by atoms with Crippen molar-refractivity contribution in [2.24, 2.45) is 5.41 Å². The molecule has 0 aliphatic carbocycles. The third-order valence-electron chi connectivity index (χ3n) is 7.65. The van der Waals surface area contributed by atoms with Crippen LogP contribution in [0.15, 0.2) is 41.4 Å². The topological polar surface area (TPSA) is 62.7 Å². The monoisotopic (exact) mass is 582 g/mol. The summed E-state index contributed by atoms with van der Waals surface area (Å²) in [5.41, 5.74) is 0.256. The van der Waals surface area contributed by atoms with Crippen molar-refractivity contribution in [3.63, 3.8) is 0 Å². The Balaban J connectivity index is 1.41. The molecule has 0 radical (unpaired) electrons. The molecule has 1 N–H and O–H groups in total. The van der Waals surface area contributed by atoms with Crippen molar-refractivity contribution in [1.29, 1.82) is 0 Å². The van der Waals surface area contributed by atoms with E-state index in [1.54, 1.807) is 18.2 Å². The number of hydrogen-bond acceptors (Lipinski definition) is 5. The molecule has 3 aromatic rings. The number of fused-ring (bicyclic) bond motifs is 1. The second-order valence-electron chi connectivity index (χ2n) is 10.2. The molecule has 1 saturated heterocycles. The molecule has 11 heteroatoms. The minimum absolute atomic E-state index is 0.0247. The average Bonchev–Trinajstić information content (AvgIpc) is 2.94. The first-order chi connectivity index (χ1) is 19.1. The van der Waals surface area contributed by atoms with Crippen LogP contribution in [-0.4, -0.2) is 53.5 Å². The molecule has 0 unspecified atom stereocenters. The molecule has 2 aromatic carbocycles. The molecule has 216 valence electrons. The zero-order chi connectivity index (χ0) is 28.9. The summed E-state index contributed by atoms with van der Waals surface area (Å²) in [6.45, 7) is 0.739. The Hall–Kier alpha value is -2.92. The number of alkyl halides is 2. The number of thioether (sulfide) groups is 1. The number of piperidine rings is 1. The molecule has 1 aliphatic heterocycles. The lowest BCUT2D eigenvalue weighted by atomic mass is 9.71. The maximum absolute atomic E-state index is 15.8. The fourth-order valence-electron chi connectivity index (χ4n) is 5.42. The highest BCUT2D eigenvalue weighted by molar-refractivity contribution is 7.99. The summed E-state index contributed by atoms with van der Waals surface area (Å²) in [5.74, 6) is -3.24. The maximum Gasteiger partial charge on any atom is 0.303 e. The van der Waals surface area contributed by atoms with Crippen LogP contribution < -0.4 is 4.74 Å². The van der Waals surface area contributed by atoms with E-state index in [9.17, 15) is 27.5 Å². The number of benzene rings is 2. The number of methoxy groups -OCH3 is 1. The minimum atomic E-state index is -1.52. The number of carboxylic acids is 1. The second kappa shape index (κ2) is 13.2. The van der Waals surface area contributed by atoms with E-state index >= 15 is 4.39 Å². The van der Waals surface area contributed by atoms with Gasteiger partial charge in [0, 0.05) is 46.0 Å². The minimum Gasteiger partial charge on any atom is -0.497 e. The number of ether oxygens (including phenoxy) is 1. The van der Waals surface area contributed by atoms with Gasteiger partial charge < -0.3 is 14.7 Å². The zero-order valence-electron chi connectivity index (χ0n) is 22.1. The van der Waals surface area contributed by atoms with Crippen LogP contribution in [0, 0.1) is 22.9 Å². The Kier molecular flexibility index (Phi) is 9.89. The van der Waals surface area contributed by atoms with E-state index < -0.39 is 41.7 Å². The van der Waals surface area contributed by atoms with Gasteiger partial charge in [-0.3, -0.25) is 9.78 Å². The van der Waals surface area contributed by atoms with E-state index in [4.69, 9.17) is 4.74 Å². The van der Waals surface area contributed by atoms with Crippen LogP contribution in [0.5, 0.6) is 5.75 Å². The largest absolute Gasteiger partial charge is 0.497 e. The fraction of sp³-hybridized carbons (Fsp3) is 0.448. The molecular formula is C29H31F5N2O3S. The molecule has 0 saturated carbocycles. The first-order valence-electron chi connectivity index (χ1n) is 13.0. The van der Waals surface area contributed by atoms with Crippen molar-refractivity contribution in [3.05, 3.63) is 65.1 Å². The number of halogens is 5. The molecule has 1 aliphatic rings. The van der Waals surface area contributed by atoms with E-state index in [1.165, 1.54) is 13.3 Å². The Morgan fingerprint density at radius 2 is 1.95 bits per heavy atom. The lowest BCUT2D eigenvalue weighted by Gasteiger charge is -2.41. The molecule has 1 fully saturated rings. The Morgan fingerprint density at radius 1 is 1.20 bits per heavy atom. The van der Waals surface area contributed by atoms with Crippen molar-refractivity contribution < 1.29 is 36.6 Å². The van der Waals surface area contributed by atoms with Gasteiger partial charge in [0.05, 0.1) is 19.0 Å². The fourth-order valence-corrected chi connectivity index (χ4v) is 6.41. The molecule has 0 bridgehead atoms. The van der Waals surface area contributed by atoms with E-state index in [0.717, 1.165) is 17.8 Å². The van der Waals surface area contributed by atoms with Gasteiger partial charge in [0.25, 0.3) is 0 Å². The van der Waals surface area contributed by atoms with Crippen molar-refractivity contribution in [2.45, 2.75) is 49.8 Å². The zero-order valence-corrected chi connectivity index (χ0v) is 22.9. The second-order valence-corrected chi connectivity index (χ2v) is 11.3. The highest BCUT2D eigenvalue weighted by Crippen LogP contribution is 2.43. The van der Waals surface area contributed by atoms with E-state index in [-0.39, 0.29) is 28.9 Å². The smallest absolute Gasteiger partial charge is 0.303 e. The van der Waals surface area contributed by atoms with Crippen molar-refractivity contribution >= 4 is 28.6 Å². The summed E-state index contributed by atoms with van der Waals surface area (Å²) in [6.07, 6.45) is 1.06. The van der Waals surface area contributed by atoms with Gasteiger partial charge in [-0.25, -0.2) is 22.0 Å². The number of carboxylic acid groups (broad SMARTS) is 1. The predicted octanol–water partition coefficient (Wildman–Crippen LogP) is 7.27. The summed E-state index contributed by atoms with van der Waals surface area (Å²) >= 11 is 1.01. The lowest BCUT2D eigenvalue weighted by Crippen LogP contribution is -2.42. The third-order valence-corrected chi connectivity index (χ3v) is 8.65. The Labute approximate surface area is 233 Å². The molecule has 1 aromatic heterocycles. The summed E-state index contributed by atoms with van der Waals surface area (Å²) < 4.78 is 75.7. The molecule has 40 heavy (non-hydrogen) atoms. The summed E-state index contributed by atoms with van der Waals surface area (Å²) in [5, 5.41) is 10.1. The van der Waals surface area contributed by atoms with Gasteiger partial charge in [-0.2, -0.15) is 0 Å². The van der Waals surface area contributed by atoms with Crippen LogP contribution in [0.2, 0.25) is 0 Å². The number of carbonyl (C=O) groups is 1. The standard InChI is InChI=1S/C29H31F5N2O3S/c1-39-20-2-3-24-21(14-20)27(18(16-30)17-35-24)22(32)4-5-29(15-26(37)38)6-8-36(9-7-29)10-11-40-25-13-19(31)12-23(33)28(25)34/h2-3,12-14,17,22H,4-11,15-16H2,1H3,(H,37,38)/t22-/m1/s1. The normalized spacial score (nSPS) is 16.2. The highest BCUT2D eigenvalue weighted by Gasteiger charge is 2.37. The quantitative estimate of drug-likeness (QED) is 0.138. The molecular weight excluding hydrogens is 551 g/mol. The Morgan fingerprint density at radius 3 is 2.62 bits per heavy atom. The summed E-state index contributed by atoms with van der Waals surface area (Å²) in [4.78, 5) is 18.0. The van der Waals surface area contributed by atoms with Gasteiger partial charge in [0.2, 0.25) is 0 Å². The van der Waals surface area contributed by atoms with Crippen LogP contribution >= 0.6 is 11.8 Å². The summed E-state index contributed by atoms with van der Waals surface area (Å²) in [6, 6.07) is 6.48. The van der Waals surface area contributed by atoms with Crippen molar-refractivity contribution in [1.82, 2.24) is 9.88 Å². The van der Waals surface area contributed by atoms with Gasteiger partial charge in [-0.05, 0) is 68.5 Å². The average molecular weight is 583 g/mol. The van der Waals surface area contributed by atoms with Crippen molar-refractivity contribution in [2.75, 3.05) is 32.5 Å². The number of aliphatic carboxylic acids is 1. The first kappa shape index (κ1) is 30.0.